The van der Waals surface area contributed by atoms with Crippen molar-refractivity contribution in [2.45, 2.75) is 64.8 Å². The highest BCUT2D eigenvalue weighted by Gasteiger charge is 2.45. The van der Waals surface area contributed by atoms with Gasteiger partial charge in [-0.05, 0) is 27.7 Å². The molecule has 0 aliphatic carbocycles. The van der Waals surface area contributed by atoms with Crippen molar-refractivity contribution in [3.8, 4) is 0 Å². The number of hydrogen-bond acceptors (Lipinski definition) is 5. The van der Waals surface area contributed by atoms with Crippen molar-refractivity contribution >= 4 is 0 Å². The molecular formula is C10H20N2O5. The third-order valence-electron chi connectivity index (χ3n) is 3.17. The molecule has 0 aromatic heterocycles. The van der Waals surface area contributed by atoms with Gasteiger partial charge in [0.1, 0.15) is 11.2 Å². The van der Waals surface area contributed by atoms with E-state index in [1.165, 1.54) is 13.8 Å². The Balaban J connectivity index is 4.93. The predicted molar refractivity (Wildman–Crippen MR) is 62.2 cm³/mol. The van der Waals surface area contributed by atoms with Crippen LogP contribution in [-0.4, -0.2) is 33.1 Å². The third-order valence-corrected chi connectivity index (χ3v) is 3.17. The Morgan fingerprint density at radius 2 is 1.12 bits per heavy atom. The molecule has 0 fully saturated rings. The molecule has 0 aliphatic heterocycles. The standard InChI is InChI=1S/C10H20N2O5/c1-7(11(13)14)9(3,4)17-10(5,6)8(2)12(15)16/h7-8H,1-6H3. The lowest BCUT2D eigenvalue weighted by molar-refractivity contribution is -0.562. The van der Waals surface area contributed by atoms with E-state index in [1.54, 1.807) is 27.7 Å². The number of nitro groups is 2. The van der Waals surface area contributed by atoms with Crippen LogP contribution in [0.5, 0.6) is 0 Å². The molecule has 2 unspecified atom stereocenters. The molecule has 2 atom stereocenters. The van der Waals surface area contributed by atoms with Crippen LogP contribution in [0.15, 0.2) is 0 Å². The van der Waals surface area contributed by atoms with E-state index < -0.39 is 33.1 Å². The summed E-state index contributed by atoms with van der Waals surface area (Å²) in [5.74, 6) is 0. The summed E-state index contributed by atoms with van der Waals surface area (Å²) in [4.78, 5) is 20.6. The molecule has 7 nitrogen and oxygen atoms in total. The maximum atomic E-state index is 10.7. The van der Waals surface area contributed by atoms with Crippen molar-refractivity contribution in [3.05, 3.63) is 20.2 Å². The van der Waals surface area contributed by atoms with Crippen molar-refractivity contribution in [2.75, 3.05) is 0 Å². The molecule has 0 saturated carbocycles. The molecular weight excluding hydrogens is 228 g/mol. The first kappa shape index (κ1) is 15.8. The first-order valence-electron chi connectivity index (χ1n) is 5.39. The van der Waals surface area contributed by atoms with Crippen LogP contribution in [0.2, 0.25) is 0 Å². The molecule has 0 rings (SSSR count). The Morgan fingerprint density at radius 1 is 0.882 bits per heavy atom. The first-order valence-corrected chi connectivity index (χ1v) is 5.39. The molecule has 0 saturated heterocycles. The van der Waals surface area contributed by atoms with Gasteiger partial charge in [-0.15, -0.1) is 0 Å². The minimum Gasteiger partial charge on any atom is -0.355 e. The van der Waals surface area contributed by atoms with E-state index >= 15 is 0 Å². The van der Waals surface area contributed by atoms with Crippen molar-refractivity contribution < 1.29 is 14.6 Å². The van der Waals surface area contributed by atoms with Gasteiger partial charge in [0.05, 0.1) is 0 Å². The minimum absolute atomic E-state index is 0.451. The van der Waals surface area contributed by atoms with E-state index in [2.05, 4.69) is 0 Å². The van der Waals surface area contributed by atoms with Crippen LogP contribution in [0.1, 0.15) is 41.5 Å². The van der Waals surface area contributed by atoms with Gasteiger partial charge in [-0.2, -0.15) is 0 Å². The summed E-state index contributed by atoms with van der Waals surface area (Å²) < 4.78 is 5.59. The molecule has 100 valence electrons. The smallest absolute Gasteiger partial charge is 0.238 e. The molecule has 0 aliphatic rings. The summed E-state index contributed by atoms with van der Waals surface area (Å²) in [7, 11) is 0. The second-order valence-electron chi connectivity index (χ2n) is 5.23. The van der Waals surface area contributed by atoms with E-state index in [0.717, 1.165) is 0 Å². The topological polar surface area (TPSA) is 95.5 Å². The van der Waals surface area contributed by atoms with Gasteiger partial charge in [0.25, 0.3) is 0 Å². The highest BCUT2D eigenvalue weighted by atomic mass is 16.6. The lowest BCUT2D eigenvalue weighted by atomic mass is 9.95. The van der Waals surface area contributed by atoms with E-state index in [-0.39, 0.29) is 0 Å². The van der Waals surface area contributed by atoms with Gasteiger partial charge in [-0.1, -0.05) is 0 Å². The van der Waals surface area contributed by atoms with Gasteiger partial charge in [0, 0.05) is 23.7 Å². The summed E-state index contributed by atoms with van der Waals surface area (Å²) in [6, 6.07) is -1.89. The molecule has 0 amide bonds. The molecule has 0 N–H and O–H groups in total. The van der Waals surface area contributed by atoms with Crippen LogP contribution >= 0.6 is 0 Å². The van der Waals surface area contributed by atoms with Crippen molar-refractivity contribution in [1.82, 2.24) is 0 Å². The van der Waals surface area contributed by atoms with Gasteiger partial charge in [-0.3, -0.25) is 20.2 Å². The highest BCUT2D eigenvalue weighted by molar-refractivity contribution is 4.85. The fraction of sp³-hybridized carbons (Fsp3) is 1.00. The second-order valence-corrected chi connectivity index (χ2v) is 5.23. The molecule has 0 bridgehead atoms. The van der Waals surface area contributed by atoms with Crippen molar-refractivity contribution in [2.24, 2.45) is 0 Å². The monoisotopic (exact) mass is 248 g/mol. The van der Waals surface area contributed by atoms with E-state index in [4.69, 9.17) is 4.74 Å². The van der Waals surface area contributed by atoms with Crippen molar-refractivity contribution in [1.29, 1.82) is 0 Å². The van der Waals surface area contributed by atoms with Crippen molar-refractivity contribution in [3.63, 3.8) is 0 Å². The van der Waals surface area contributed by atoms with Crippen LogP contribution in [0, 0.1) is 20.2 Å². The Morgan fingerprint density at radius 3 is 1.29 bits per heavy atom. The minimum atomic E-state index is -1.07. The zero-order valence-electron chi connectivity index (χ0n) is 11.1. The Kier molecular flexibility index (Phi) is 4.59. The van der Waals surface area contributed by atoms with Crippen LogP contribution < -0.4 is 0 Å². The summed E-state index contributed by atoms with van der Waals surface area (Å²) >= 11 is 0. The molecule has 0 spiro atoms. The quantitative estimate of drug-likeness (QED) is 0.528. The molecule has 0 radical (unpaired) electrons. The Hall–Kier alpha value is -1.24. The molecule has 17 heavy (non-hydrogen) atoms. The first-order chi connectivity index (χ1) is 7.42. The average Bonchev–Trinajstić information content (AvgIpc) is 2.13. The number of nitrogens with zero attached hydrogens (tertiary/aromatic N) is 2. The third kappa shape index (κ3) is 3.92. The summed E-state index contributed by atoms with van der Waals surface area (Å²) in [6.45, 7) is 9.10. The van der Waals surface area contributed by atoms with Gasteiger partial charge < -0.3 is 4.74 Å². The fourth-order valence-electron chi connectivity index (χ4n) is 1.36. The zero-order valence-corrected chi connectivity index (χ0v) is 11.1. The summed E-state index contributed by atoms with van der Waals surface area (Å²) in [6.07, 6.45) is 0. The summed E-state index contributed by atoms with van der Waals surface area (Å²) in [5, 5.41) is 21.5. The van der Waals surface area contributed by atoms with Gasteiger partial charge >= 0.3 is 0 Å². The highest BCUT2D eigenvalue weighted by Crippen LogP contribution is 2.28. The van der Waals surface area contributed by atoms with Gasteiger partial charge in [0.15, 0.2) is 0 Å². The number of ether oxygens (including phenoxy) is 1. The fourth-order valence-corrected chi connectivity index (χ4v) is 1.36. The normalized spacial score (nSPS) is 16.4. The zero-order chi connectivity index (χ0) is 14.0. The lowest BCUT2D eigenvalue weighted by Crippen LogP contribution is -2.52. The number of hydrogen-bond donors (Lipinski definition) is 0. The van der Waals surface area contributed by atoms with E-state index in [0.29, 0.717) is 0 Å². The lowest BCUT2D eigenvalue weighted by Gasteiger charge is -2.36. The maximum Gasteiger partial charge on any atom is 0.238 e. The average molecular weight is 248 g/mol. The van der Waals surface area contributed by atoms with Crippen LogP contribution in [0.25, 0.3) is 0 Å². The van der Waals surface area contributed by atoms with Gasteiger partial charge in [0.2, 0.25) is 12.1 Å². The van der Waals surface area contributed by atoms with Crippen LogP contribution in [-0.2, 0) is 4.74 Å². The van der Waals surface area contributed by atoms with E-state index in [1.807, 2.05) is 0 Å². The Labute approximate surface area is 100 Å². The van der Waals surface area contributed by atoms with Crippen LogP contribution in [0.4, 0.5) is 0 Å². The van der Waals surface area contributed by atoms with Gasteiger partial charge in [-0.25, -0.2) is 0 Å². The maximum absolute atomic E-state index is 10.7. The Bertz CT molecular complexity index is 284. The second kappa shape index (κ2) is 4.95. The molecule has 7 heteroatoms. The van der Waals surface area contributed by atoms with Crippen LogP contribution in [0.3, 0.4) is 0 Å². The molecule has 0 aromatic carbocycles. The SMILES string of the molecule is CC([N+](=O)[O-])C(C)(C)OC(C)(C)C(C)[N+](=O)[O-]. The largest absolute Gasteiger partial charge is 0.355 e. The molecule has 0 aromatic rings. The predicted octanol–water partition coefficient (Wildman–Crippen LogP) is 1.89. The molecule has 0 heterocycles. The number of rotatable bonds is 6. The summed E-state index contributed by atoms with van der Waals surface area (Å²) in [5.41, 5.74) is -2.14. The van der Waals surface area contributed by atoms with E-state index in [9.17, 15) is 20.2 Å².